The number of rotatable bonds is 4. The SMILES string of the molecule is NC(=O)N1CC(NC(=O)c2ccc(-c3ccccc3)cc2)Cc2cc(C(=O)O)ccc21. The molecule has 0 bridgehead atoms. The maximum atomic E-state index is 12.8. The number of anilines is 1. The molecule has 4 rings (SSSR count). The highest BCUT2D eigenvalue weighted by atomic mass is 16.4. The molecule has 1 heterocycles. The van der Waals surface area contributed by atoms with Crippen molar-refractivity contribution in [1.29, 1.82) is 0 Å². The molecule has 31 heavy (non-hydrogen) atoms. The fourth-order valence-electron chi connectivity index (χ4n) is 3.81. The largest absolute Gasteiger partial charge is 0.478 e. The number of carbonyl (C=O) groups is 3. The van der Waals surface area contributed by atoms with Crippen molar-refractivity contribution >= 4 is 23.6 Å². The number of hydrogen-bond acceptors (Lipinski definition) is 3. The summed E-state index contributed by atoms with van der Waals surface area (Å²) in [5.74, 6) is -1.33. The number of nitrogens with one attached hydrogen (secondary N) is 1. The van der Waals surface area contributed by atoms with Gasteiger partial charge < -0.3 is 16.2 Å². The molecule has 4 N–H and O–H groups in total. The van der Waals surface area contributed by atoms with Gasteiger partial charge in [0.05, 0.1) is 11.6 Å². The van der Waals surface area contributed by atoms with E-state index in [1.54, 1.807) is 18.2 Å². The monoisotopic (exact) mass is 415 g/mol. The Morgan fingerprint density at radius 2 is 1.55 bits per heavy atom. The molecule has 0 aliphatic carbocycles. The molecule has 0 aromatic heterocycles. The molecule has 1 aliphatic rings. The summed E-state index contributed by atoms with van der Waals surface area (Å²) in [7, 11) is 0. The average Bonchev–Trinajstić information content (AvgIpc) is 2.78. The summed E-state index contributed by atoms with van der Waals surface area (Å²) in [5.41, 5.74) is 9.40. The number of hydrogen-bond donors (Lipinski definition) is 3. The molecule has 7 nitrogen and oxygen atoms in total. The number of primary amides is 1. The van der Waals surface area contributed by atoms with Crippen LogP contribution in [0, 0.1) is 0 Å². The van der Waals surface area contributed by atoms with Crippen LogP contribution in [0.3, 0.4) is 0 Å². The lowest BCUT2D eigenvalue weighted by Gasteiger charge is -2.34. The van der Waals surface area contributed by atoms with Crippen LogP contribution >= 0.6 is 0 Å². The van der Waals surface area contributed by atoms with E-state index in [0.717, 1.165) is 11.1 Å². The van der Waals surface area contributed by atoms with Crippen LogP contribution in [0.25, 0.3) is 11.1 Å². The lowest BCUT2D eigenvalue weighted by atomic mass is 9.95. The summed E-state index contributed by atoms with van der Waals surface area (Å²) in [5, 5.41) is 12.2. The van der Waals surface area contributed by atoms with E-state index >= 15 is 0 Å². The normalized spacial score (nSPS) is 15.1. The molecule has 0 fully saturated rings. The molecule has 7 heteroatoms. The van der Waals surface area contributed by atoms with Crippen molar-refractivity contribution in [2.24, 2.45) is 5.73 Å². The maximum absolute atomic E-state index is 12.8. The minimum atomic E-state index is -1.06. The van der Waals surface area contributed by atoms with Gasteiger partial charge in [-0.2, -0.15) is 0 Å². The molecule has 0 spiro atoms. The first-order chi connectivity index (χ1) is 14.9. The van der Waals surface area contributed by atoms with Crippen LogP contribution in [0.1, 0.15) is 26.3 Å². The topological polar surface area (TPSA) is 113 Å². The third-order valence-corrected chi connectivity index (χ3v) is 5.34. The van der Waals surface area contributed by atoms with Crippen LogP contribution < -0.4 is 16.0 Å². The van der Waals surface area contributed by atoms with E-state index in [4.69, 9.17) is 5.73 Å². The summed E-state index contributed by atoms with van der Waals surface area (Å²) >= 11 is 0. The Morgan fingerprint density at radius 3 is 2.19 bits per heavy atom. The van der Waals surface area contributed by atoms with Gasteiger partial charge in [-0.15, -0.1) is 0 Å². The molecule has 156 valence electrons. The Balaban J connectivity index is 1.52. The van der Waals surface area contributed by atoms with Crippen molar-refractivity contribution in [1.82, 2.24) is 5.32 Å². The number of aromatic carboxylic acids is 1. The van der Waals surface area contributed by atoms with Crippen molar-refractivity contribution in [2.45, 2.75) is 12.5 Å². The molecular weight excluding hydrogens is 394 g/mol. The quantitative estimate of drug-likeness (QED) is 0.607. The van der Waals surface area contributed by atoms with Crippen LogP contribution in [0.15, 0.2) is 72.8 Å². The fourth-order valence-corrected chi connectivity index (χ4v) is 3.81. The van der Waals surface area contributed by atoms with Crippen molar-refractivity contribution < 1.29 is 19.5 Å². The number of carboxylic acids is 1. The smallest absolute Gasteiger partial charge is 0.335 e. The molecule has 0 saturated carbocycles. The van der Waals surface area contributed by atoms with E-state index in [9.17, 15) is 19.5 Å². The number of benzene rings is 3. The zero-order valence-electron chi connectivity index (χ0n) is 16.6. The molecular formula is C24H21N3O4. The van der Waals surface area contributed by atoms with E-state index in [2.05, 4.69) is 5.32 Å². The molecule has 0 radical (unpaired) electrons. The van der Waals surface area contributed by atoms with Crippen molar-refractivity contribution in [3.63, 3.8) is 0 Å². The number of carboxylic acid groups (broad SMARTS) is 1. The summed E-state index contributed by atoms with van der Waals surface area (Å²) in [6.07, 6.45) is 0.397. The first-order valence-electron chi connectivity index (χ1n) is 9.82. The minimum Gasteiger partial charge on any atom is -0.478 e. The second-order valence-corrected chi connectivity index (χ2v) is 7.42. The number of nitrogens with zero attached hydrogens (tertiary/aromatic N) is 1. The number of fused-ring (bicyclic) bond motifs is 1. The fraction of sp³-hybridized carbons (Fsp3) is 0.125. The summed E-state index contributed by atoms with van der Waals surface area (Å²) in [6.45, 7) is 0.211. The predicted octanol–water partition coefficient (Wildman–Crippen LogP) is 3.29. The Hall–Kier alpha value is -4.13. The van der Waals surface area contributed by atoms with Crippen molar-refractivity contribution in [2.75, 3.05) is 11.4 Å². The predicted molar refractivity (Wildman–Crippen MR) is 117 cm³/mol. The standard InChI is InChI=1S/C24H21N3O4/c25-24(31)27-14-20(13-19-12-18(23(29)30)10-11-21(19)27)26-22(28)17-8-6-16(7-9-17)15-4-2-1-3-5-15/h1-12,20H,13-14H2,(H2,25,31)(H,26,28)(H,29,30). The van der Waals surface area contributed by atoms with Gasteiger partial charge in [0.1, 0.15) is 0 Å². The number of amides is 3. The van der Waals surface area contributed by atoms with Gasteiger partial charge >= 0.3 is 12.0 Å². The zero-order chi connectivity index (χ0) is 22.0. The van der Waals surface area contributed by atoms with E-state index in [-0.39, 0.29) is 18.0 Å². The highest BCUT2D eigenvalue weighted by Crippen LogP contribution is 2.28. The first-order valence-corrected chi connectivity index (χ1v) is 9.82. The van der Waals surface area contributed by atoms with Crippen LogP contribution in [0.2, 0.25) is 0 Å². The molecule has 1 aliphatic heterocycles. The van der Waals surface area contributed by atoms with Crippen LogP contribution in [0.5, 0.6) is 0 Å². The van der Waals surface area contributed by atoms with E-state index in [1.165, 1.54) is 17.0 Å². The third-order valence-electron chi connectivity index (χ3n) is 5.34. The summed E-state index contributed by atoms with van der Waals surface area (Å²) in [6, 6.07) is 20.6. The molecule has 1 unspecified atom stereocenters. The van der Waals surface area contributed by atoms with Gasteiger partial charge in [-0.1, -0.05) is 42.5 Å². The van der Waals surface area contributed by atoms with E-state index < -0.39 is 18.0 Å². The van der Waals surface area contributed by atoms with E-state index in [0.29, 0.717) is 23.2 Å². The molecule has 0 saturated heterocycles. The molecule has 3 amide bonds. The zero-order valence-corrected chi connectivity index (χ0v) is 16.6. The van der Waals surface area contributed by atoms with Crippen LogP contribution in [-0.4, -0.2) is 35.6 Å². The summed E-state index contributed by atoms with van der Waals surface area (Å²) < 4.78 is 0. The Kier molecular flexibility index (Phi) is 5.41. The maximum Gasteiger partial charge on any atom is 0.335 e. The van der Waals surface area contributed by atoms with Gasteiger partial charge in [0.2, 0.25) is 0 Å². The average molecular weight is 415 g/mol. The van der Waals surface area contributed by atoms with Crippen LogP contribution in [-0.2, 0) is 6.42 Å². The number of urea groups is 1. The molecule has 3 aromatic carbocycles. The highest BCUT2D eigenvalue weighted by Gasteiger charge is 2.29. The lowest BCUT2D eigenvalue weighted by Crippen LogP contribution is -2.51. The number of carbonyl (C=O) groups excluding carboxylic acids is 2. The van der Waals surface area contributed by atoms with Gasteiger partial charge in [0.25, 0.3) is 5.91 Å². The van der Waals surface area contributed by atoms with Gasteiger partial charge in [-0.3, -0.25) is 9.69 Å². The van der Waals surface area contributed by atoms with Crippen molar-refractivity contribution in [3.8, 4) is 11.1 Å². The summed E-state index contributed by atoms with van der Waals surface area (Å²) in [4.78, 5) is 37.4. The lowest BCUT2D eigenvalue weighted by molar-refractivity contribution is 0.0696. The van der Waals surface area contributed by atoms with Gasteiger partial charge in [0, 0.05) is 17.8 Å². The number of nitrogens with two attached hydrogens (primary N) is 1. The van der Waals surface area contributed by atoms with Crippen LogP contribution in [0.4, 0.5) is 10.5 Å². The van der Waals surface area contributed by atoms with E-state index in [1.807, 2.05) is 42.5 Å². The Bertz CT molecular complexity index is 1140. The second kappa shape index (κ2) is 8.31. The second-order valence-electron chi connectivity index (χ2n) is 7.42. The van der Waals surface area contributed by atoms with Gasteiger partial charge in [0.15, 0.2) is 0 Å². The first kappa shape index (κ1) is 20.2. The van der Waals surface area contributed by atoms with Crippen molar-refractivity contribution in [3.05, 3.63) is 89.5 Å². The van der Waals surface area contributed by atoms with Gasteiger partial charge in [-0.25, -0.2) is 9.59 Å². The third kappa shape index (κ3) is 4.25. The Morgan fingerprint density at radius 1 is 0.903 bits per heavy atom. The highest BCUT2D eigenvalue weighted by molar-refractivity contribution is 5.96. The molecule has 1 atom stereocenters. The molecule has 3 aromatic rings. The van der Waals surface area contributed by atoms with Gasteiger partial charge in [-0.05, 0) is 53.4 Å². The Labute approximate surface area is 179 Å². The minimum absolute atomic E-state index is 0.117.